The Morgan fingerprint density at radius 3 is 1.60 bits per heavy atom. The largest absolute Gasteiger partial charge is 0.378 e. The maximum atomic E-state index is 10.1. The van der Waals surface area contributed by atoms with Crippen LogP contribution in [-0.2, 0) is 0 Å². The van der Waals surface area contributed by atoms with E-state index in [1.165, 1.54) is 5.69 Å². The van der Waals surface area contributed by atoms with Crippen molar-refractivity contribution in [1.29, 1.82) is 5.26 Å². The molecule has 0 saturated carbocycles. The number of nitrogens with zero attached hydrogens (tertiary/aromatic N) is 4. The summed E-state index contributed by atoms with van der Waals surface area (Å²) < 4.78 is 0. The zero-order chi connectivity index (χ0) is 21.8. The van der Waals surface area contributed by atoms with Crippen LogP contribution in [0.5, 0.6) is 0 Å². The lowest BCUT2D eigenvalue weighted by molar-refractivity contribution is 1.00. The van der Waals surface area contributed by atoms with Gasteiger partial charge in [-0.3, -0.25) is 0 Å². The van der Waals surface area contributed by atoms with Crippen LogP contribution in [0.2, 0.25) is 0 Å². The van der Waals surface area contributed by atoms with E-state index in [-0.39, 0.29) is 5.92 Å². The van der Waals surface area contributed by atoms with Gasteiger partial charge in [0.15, 0.2) is 0 Å². The summed E-state index contributed by atoms with van der Waals surface area (Å²) in [6, 6.07) is 25.7. The Morgan fingerprint density at radius 1 is 0.633 bits per heavy atom. The fraction of sp³-hybridized carbons (Fsp3) is 0.269. The van der Waals surface area contributed by atoms with Crippen molar-refractivity contribution in [3.05, 3.63) is 77.9 Å². The lowest BCUT2D eigenvalue weighted by Crippen LogP contribution is -2.14. The second kappa shape index (κ2) is 8.92. The number of rotatable bonds is 6. The SMILES string of the molecule is CN(C)c1ccc(-c2ccc(N(C)C)c(C(C#N)c3ccc(N(C)C)cc3)c2)cc1. The first kappa shape index (κ1) is 21.3. The molecule has 0 radical (unpaired) electrons. The summed E-state index contributed by atoms with van der Waals surface area (Å²) in [5.41, 5.74) is 7.64. The lowest BCUT2D eigenvalue weighted by atomic mass is 9.88. The summed E-state index contributed by atoms with van der Waals surface area (Å²) >= 11 is 0. The van der Waals surface area contributed by atoms with E-state index >= 15 is 0 Å². The molecule has 1 unspecified atom stereocenters. The molecule has 0 amide bonds. The van der Waals surface area contributed by atoms with Crippen molar-refractivity contribution in [2.24, 2.45) is 0 Å². The quantitative estimate of drug-likeness (QED) is 0.571. The highest BCUT2D eigenvalue weighted by molar-refractivity contribution is 5.72. The first-order valence-electron chi connectivity index (χ1n) is 10.1. The van der Waals surface area contributed by atoms with Gasteiger partial charge < -0.3 is 14.7 Å². The first-order valence-corrected chi connectivity index (χ1v) is 10.1. The van der Waals surface area contributed by atoms with Gasteiger partial charge in [-0.2, -0.15) is 5.26 Å². The van der Waals surface area contributed by atoms with Crippen molar-refractivity contribution >= 4 is 17.1 Å². The lowest BCUT2D eigenvalue weighted by Gasteiger charge is -2.22. The summed E-state index contributed by atoms with van der Waals surface area (Å²) in [6.45, 7) is 0. The molecule has 0 aliphatic heterocycles. The fourth-order valence-electron chi connectivity index (χ4n) is 3.61. The molecule has 30 heavy (non-hydrogen) atoms. The van der Waals surface area contributed by atoms with E-state index < -0.39 is 0 Å². The fourth-order valence-corrected chi connectivity index (χ4v) is 3.61. The first-order chi connectivity index (χ1) is 14.3. The average molecular weight is 399 g/mol. The van der Waals surface area contributed by atoms with Crippen molar-refractivity contribution in [2.75, 3.05) is 57.0 Å². The molecule has 0 saturated heterocycles. The van der Waals surface area contributed by atoms with Crippen LogP contribution >= 0.6 is 0 Å². The summed E-state index contributed by atoms with van der Waals surface area (Å²) in [6.07, 6.45) is 0. The maximum absolute atomic E-state index is 10.1. The number of nitriles is 1. The standard InChI is InChI=1S/C26H30N4/c1-28(2)22-12-7-19(8-13-22)21-11-16-26(30(5)6)24(17-21)25(18-27)20-9-14-23(15-10-20)29(3)4/h7-17,25H,1-6H3. The molecule has 4 nitrogen and oxygen atoms in total. The Labute approximate surface area is 180 Å². The second-order valence-corrected chi connectivity index (χ2v) is 8.16. The Morgan fingerprint density at radius 2 is 1.13 bits per heavy atom. The minimum Gasteiger partial charge on any atom is -0.378 e. The molecule has 0 N–H and O–H groups in total. The minimum absolute atomic E-state index is 0.334. The number of hydrogen-bond acceptors (Lipinski definition) is 4. The zero-order valence-electron chi connectivity index (χ0n) is 18.7. The van der Waals surface area contributed by atoms with Gasteiger partial charge in [-0.25, -0.2) is 0 Å². The van der Waals surface area contributed by atoms with Crippen LogP contribution in [-0.4, -0.2) is 42.3 Å². The number of benzene rings is 3. The Kier molecular flexibility index (Phi) is 6.32. The summed E-state index contributed by atoms with van der Waals surface area (Å²) in [5, 5.41) is 10.1. The monoisotopic (exact) mass is 398 g/mol. The molecule has 0 aliphatic carbocycles. The van der Waals surface area contributed by atoms with Crippen LogP contribution in [0.25, 0.3) is 11.1 Å². The Hall–Kier alpha value is -3.45. The van der Waals surface area contributed by atoms with Crippen molar-refractivity contribution in [3.63, 3.8) is 0 Å². The topological polar surface area (TPSA) is 33.5 Å². The average Bonchev–Trinajstić information content (AvgIpc) is 2.74. The molecule has 0 bridgehead atoms. The molecule has 154 valence electrons. The number of hydrogen-bond donors (Lipinski definition) is 0. The van der Waals surface area contributed by atoms with Gasteiger partial charge in [0.05, 0.1) is 12.0 Å². The molecule has 4 heteroatoms. The van der Waals surface area contributed by atoms with Crippen LogP contribution in [0, 0.1) is 11.3 Å². The van der Waals surface area contributed by atoms with Crippen LogP contribution < -0.4 is 14.7 Å². The molecule has 0 fully saturated rings. The van der Waals surface area contributed by atoms with Crippen LogP contribution in [0.4, 0.5) is 17.1 Å². The van der Waals surface area contributed by atoms with E-state index in [9.17, 15) is 5.26 Å². The molecule has 0 aliphatic rings. The summed E-state index contributed by atoms with van der Waals surface area (Å²) in [4.78, 5) is 6.23. The third-order valence-corrected chi connectivity index (χ3v) is 5.41. The van der Waals surface area contributed by atoms with Crippen LogP contribution in [0.15, 0.2) is 66.7 Å². The molecule has 1 atom stereocenters. The number of anilines is 3. The molecule has 0 heterocycles. The Bertz CT molecular complexity index is 1030. The van der Waals surface area contributed by atoms with E-state index in [0.29, 0.717) is 0 Å². The highest BCUT2D eigenvalue weighted by Gasteiger charge is 2.19. The summed E-state index contributed by atoms with van der Waals surface area (Å²) in [5.74, 6) is -0.334. The highest BCUT2D eigenvalue weighted by Crippen LogP contribution is 2.36. The predicted octanol–water partition coefficient (Wildman–Crippen LogP) is 5.21. The Balaban J connectivity index is 2.06. The van der Waals surface area contributed by atoms with Crippen LogP contribution in [0.3, 0.4) is 0 Å². The van der Waals surface area contributed by atoms with Crippen molar-refractivity contribution < 1.29 is 0 Å². The van der Waals surface area contributed by atoms with E-state index in [1.54, 1.807) is 0 Å². The van der Waals surface area contributed by atoms with Gasteiger partial charge in [-0.15, -0.1) is 0 Å². The van der Waals surface area contributed by atoms with Gasteiger partial charge in [0.1, 0.15) is 0 Å². The van der Waals surface area contributed by atoms with Gasteiger partial charge in [0.25, 0.3) is 0 Å². The molecule has 3 aromatic rings. The van der Waals surface area contributed by atoms with Crippen LogP contribution in [0.1, 0.15) is 17.0 Å². The zero-order valence-corrected chi connectivity index (χ0v) is 18.7. The third-order valence-electron chi connectivity index (χ3n) is 5.41. The van der Waals surface area contributed by atoms with Gasteiger partial charge in [0, 0.05) is 59.3 Å². The molecular formula is C26H30N4. The third kappa shape index (κ3) is 4.41. The van der Waals surface area contributed by atoms with Gasteiger partial charge in [0.2, 0.25) is 0 Å². The van der Waals surface area contributed by atoms with E-state index in [2.05, 4.69) is 87.5 Å². The smallest absolute Gasteiger partial charge is 0.0982 e. The molecule has 3 aromatic carbocycles. The predicted molar refractivity (Wildman–Crippen MR) is 129 cm³/mol. The normalized spacial score (nSPS) is 11.5. The van der Waals surface area contributed by atoms with Gasteiger partial charge in [-0.05, 0) is 58.7 Å². The summed E-state index contributed by atoms with van der Waals surface area (Å²) in [7, 11) is 12.2. The van der Waals surface area contributed by atoms with Crippen molar-refractivity contribution in [1.82, 2.24) is 0 Å². The molecule has 0 aromatic heterocycles. The highest BCUT2D eigenvalue weighted by atomic mass is 15.1. The maximum Gasteiger partial charge on any atom is 0.0982 e. The second-order valence-electron chi connectivity index (χ2n) is 8.16. The van der Waals surface area contributed by atoms with Gasteiger partial charge in [-0.1, -0.05) is 30.3 Å². The molecule has 0 spiro atoms. The van der Waals surface area contributed by atoms with Crippen molar-refractivity contribution in [3.8, 4) is 17.2 Å². The van der Waals surface area contributed by atoms with E-state index in [0.717, 1.165) is 33.6 Å². The molecule has 3 rings (SSSR count). The van der Waals surface area contributed by atoms with Crippen molar-refractivity contribution in [2.45, 2.75) is 5.92 Å². The van der Waals surface area contributed by atoms with E-state index in [4.69, 9.17) is 0 Å². The minimum atomic E-state index is -0.334. The van der Waals surface area contributed by atoms with E-state index in [1.807, 2.05) is 42.3 Å². The van der Waals surface area contributed by atoms with Gasteiger partial charge >= 0.3 is 0 Å². The molecular weight excluding hydrogens is 368 g/mol.